The first kappa shape index (κ1) is 20.4. The second-order valence-corrected chi connectivity index (χ2v) is 7.17. The van der Waals surface area contributed by atoms with Gasteiger partial charge in [0, 0.05) is 14.1 Å². The van der Waals surface area contributed by atoms with Crippen LogP contribution in [0.15, 0.2) is 43.5 Å². The van der Waals surface area contributed by atoms with Crippen molar-refractivity contribution in [2.45, 2.75) is 18.8 Å². The van der Waals surface area contributed by atoms with Gasteiger partial charge in [-0.2, -0.15) is 0 Å². The average Bonchev–Trinajstić information content (AvgIpc) is 3.17. The number of aromatic nitrogens is 4. The van der Waals surface area contributed by atoms with Crippen molar-refractivity contribution in [1.29, 1.82) is 0 Å². The molecule has 0 unspecified atom stereocenters. The fraction of sp³-hybridized carbons (Fsp3) is 0.278. The molecule has 2 heterocycles. The number of rotatable bonds is 7. The monoisotopic (exact) mass is 417 g/mol. The van der Waals surface area contributed by atoms with Crippen molar-refractivity contribution in [3.05, 3.63) is 62.1 Å². The summed E-state index contributed by atoms with van der Waals surface area (Å²) in [5.74, 6) is 0.0379. The molecule has 0 saturated carbocycles. The Morgan fingerprint density at radius 1 is 1.17 bits per heavy atom. The lowest BCUT2D eigenvalue weighted by molar-refractivity contribution is 0.102. The van der Waals surface area contributed by atoms with Gasteiger partial charge in [-0.3, -0.25) is 18.7 Å². The van der Waals surface area contributed by atoms with Crippen LogP contribution in [0, 0.1) is 6.92 Å². The number of ether oxygens (including phenoxy) is 1. The largest absolute Gasteiger partial charge is 0.484 e. The summed E-state index contributed by atoms with van der Waals surface area (Å²) >= 11 is 0.965. The average molecular weight is 417 g/mol. The van der Waals surface area contributed by atoms with Crippen LogP contribution >= 0.6 is 11.8 Å². The predicted molar refractivity (Wildman–Crippen MR) is 106 cm³/mol. The molecule has 3 aromatic rings. The maximum atomic E-state index is 12.5. The van der Waals surface area contributed by atoms with Gasteiger partial charge in [0.25, 0.3) is 16.7 Å². The maximum Gasteiger partial charge on any atom is 0.332 e. The number of carbonyl (C=O) groups is 1. The minimum absolute atomic E-state index is 0.0822. The van der Waals surface area contributed by atoms with E-state index in [1.807, 2.05) is 31.2 Å². The topological polar surface area (TPSA) is 135 Å². The van der Waals surface area contributed by atoms with Crippen LogP contribution in [0.25, 0.3) is 0 Å². The van der Waals surface area contributed by atoms with E-state index in [2.05, 4.69) is 10.2 Å². The summed E-state index contributed by atoms with van der Waals surface area (Å²) in [6.07, 6.45) is 0. The molecule has 3 rings (SSSR count). The SMILES string of the molecule is Cc1ccc(OCc2nnc(SCC(=O)c3c(N)n(C)c(=O)n(C)c3=O)o2)cc1. The highest BCUT2D eigenvalue weighted by atomic mass is 32.2. The van der Waals surface area contributed by atoms with E-state index in [9.17, 15) is 14.4 Å². The smallest absolute Gasteiger partial charge is 0.332 e. The third-order valence-electron chi connectivity index (χ3n) is 4.15. The summed E-state index contributed by atoms with van der Waals surface area (Å²) in [6, 6.07) is 7.51. The molecule has 29 heavy (non-hydrogen) atoms. The zero-order valence-corrected chi connectivity index (χ0v) is 16.9. The van der Waals surface area contributed by atoms with Gasteiger partial charge >= 0.3 is 5.69 Å². The van der Waals surface area contributed by atoms with Crippen LogP contribution in [-0.2, 0) is 20.7 Å². The Kier molecular flexibility index (Phi) is 5.87. The Balaban J connectivity index is 1.64. The first-order valence-electron chi connectivity index (χ1n) is 8.51. The molecule has 0 fully saturated rings. The number of Topliss-reactive ketones (excluding diaryl/α,β-unsaturated/α-hetero) is 1. The second-order valence-electron chi connectivity index (χ2n) is 6.24. The van der Waals surface area contributed by atoms with Crippen LogP contribution in [0.4, 0.5) is 5.82 Å². The molecule has 11 heteroatoms. The molecule has 2 N–H and O–H groups in total. The Bertz CT molecular complexity index is 1160. The number of ketones is 1. The summed E-state index contributed by atoms with van der Waals surface area (Å²) in [6.45, 7) is 2.06. The van der Waals surface area contributed by atoms with Crippen LogP contribution in [-0.4, -0.2) is 30.9 Å². The van der Waals surface area contributed by atoms with Gasteiger partial charge in [0.15, 0.2) is 12.4 Å². The van der Waals surface area contributed by atoms with Crippen molar-refractivity contribution in [2.75, 3.05) is 11.5 Å². The zero-order chi connectivity index (χ0) is 21.1. The van der Waals surface area contributed by atoms with E-state index < -0.39 is 17.0 Å². The van der Waals surface area contributed by atoms with Crippen molar-refractivity contribution in [2.24, 2.45) is 14.1 Å². The number of nitrogens with zero attached hydrogens (tertiary/aromatic N) is 4. The van der Waals surface area contributed by atoms with E-state index in [0.717, 1.165) is 26.5 Å². The van der Waals surface area contributed by atoms with E-state index in [4.69, 9.17) is 14.9 Å². The molecule has 0 atom stereocenters. The fourth-order valence-corrected chi connectivity index (χ4v) is 3.11. The molecule has 0 aliphatic carbocycles. The number of benzene rings is 1. The third kappa shape index (κ3) is 4.40. The second kappa shape index (κ2) is 8.35. The quantitative estimate of drug-likeness (QED) is 0.439. The van der Waals surface area contributed by atoms with E-state index >= 15 is 0 Å². The molecule has 152 valence electrons. The van der Waals surface area contributed by atoms with Crippen LogP contribution in [0.3, 0.4) is 0 Å². The fourth-order valence-electron chi connectivity index (χ4n) is 2.46. The lowest BCUT2D eigenvalue weighted by atomic mass is 10.2. The lowest BCUT2D eigenvalue weighted by Gasteiger charge is -2.10. The number of aryl methyl sites for hydroxylation is 1. The van der Waals surface area contributed by atoms with Gasteiger partial charge in [-0.15, -0.1) is 10.2 Å². The van der Waals surface area contributed by atoms with Crippen molar-refractivity contribution < 1.29 is 13.9 Å². The highest BCUT2D eigenvalue weighted by Gasteiger charge is 2.21. The van der Waals surface area contributed by atoms with E-state index in [1.165, 1.54) is 14.1 Å². The maximum absolute atomic E-state index is 12.5. The summed E-state index contributed by atoms with van der Waals surface area (Å²) in [4.78, 5) is 36.5. The molecular formula is C18H19N5O5S. The molecule has 2 aromatic heterocycles. The van der Waals surface area contributed by atoms with Gasteiger partial charge in [0.05, 0.1) is 5.75 Å². The molecular weight excluding hydrogens is 398 g/mol. The minimum Gasteiger partial charge on any atom is -0.484 e. The Hall–Kier alpha value is -3.34. The number of thioether (sulfide) groups is 1. The third-order valence-corrected chi connectivity index (χ3v) is 4.97. The minimum atomic E-state index is -0.742. The Labute approximate surface area is 169 Å². The standard InChI is InChI=1S/C18H19N5O5S/c1-10-4-6-11(7-5-10)27-8-13-20-21-17(28-13)29-9-12(24)14-15(19)22(2)18(26)23(3)16(14)25/h4-7H,8-9,19H2,1-3H3. The first-order chi connectivity index (χ1) is 13.8. The number of hydrogen-bond acceptors (Lipinski definition) is 9. The number of carbonyl (C=O) groups excluding carboxylic acids is 1. The van der Waals surface area contributed by atoms with E-state index in [0.29, 0.717) is 5.75 Å². The van der Waals surface area contributed by atoms with Gasteiger partial charge in [-0.05, 0) is 19.1 Å². The summed E-state index contributed by atoms with van der Waals surface area (Å²) in [5.41, 5.74) is 5.31. The molecule has 0 aliphatic rings. The lowest BCUT2D eigenvalue weighted by Crippen LogP contribution is -2.41. The molecule has 10 nitrogen and oxygen atoms in total. The number of nitrogens with two attached hydrogens (primary N) is 1. The van der Waals surface area contributed by atoms with Crippen LogP contribution < -0.4 is 21.7 Å². The van der Waals surface area contributed by atoms with Gasteiger partial charge in [-0.25, -0.2) is 4.79 Å². The Morgan fingerprint density at radius 2 is 1.86 bits per heavy atom. The summed E-state index contributed by atoms with van der Waals surface area (Å²) in [5, 5.41) is 7.87. The molecule has 0 saturated heterocycles. The molecule has 0 radical (unpaired) electrons. The van der Waals surface area contributed by atoms with E-state index in [1.54, 1.807) is 0 Å². The highest BCUT2D eigenvalue weighted by Crippen LogP contribution is 2.19. The molecule has 1 aromatic carbocycles. The summed E-state index contributed by atoms with van der Waals surface area (Å²) < 4.78 is 12.9. The molecule has 0 spiro atoms. The zero-order valence-electron chi connectivity index (χ0n) is 16.0. The molecule has 0 amide bonds. The van der Waals surface area contributed by atoms with Crippen molar-refractivity contribution in [3.8, 4) is 5.75 Å². The normalized spacial score (nSPS) is 10.9. The Morgan fingerprint density at radius 3 is 2.55 bits per heavy atom. The van der Waals surface area contributed by atoms with Gasteiger partial charge in [0.2, 0.25) is 0 Å². The van der Waals surface area contributed by atoms with Gasteiger partial charge < -0.3 is 14.9 Å². The van der Waals surface area contributed by atoms with Crippen LogP contribution in [0.1, 0.15) is 21.8 Å². The van der Waals surface area contributed by atoms with Gasteiger partial charge in [-0.1, -0.05) is 29.5 Å². The van der Waals surface area contributed by atoms with E-state index in [-0.39, 0.29) is 34.9 Å². The number of nitrogen functional groups attached to an aromatic ring is 1. The molecule has 0 bridgehead atoms. The molecule has 0 aliphatic heterocycles. The number of anilines is 1. The number of hydrogen-bond donors (Lipinski definition) is 1. The van der Waals surface area contributed by atoms with Crippen molar-refractivity contribution in [1.82, 2.24) is 19.3 Å². The van der Waals surface area contributed by atoms with Crippen LogP contribution in [0.5, 0.6) is 5.75 Å². The predicted octanol–water partition coefficient (Wildman–Crippen LogP) is 0.912. The van der Waals surface area contributed by atoms with Crippen molar-refractivity contribution in [3.63, 3.8) is 0 Å². The van der Waals surface area contributed by atoms with Crippen LogP contribution in [0.2, 0.25) is 0 Å². The first-order valence-corrected chi connectivity index (χ1v) is 9.50. The highest BCUT2D eigenvalue weighted by molar-refractivity contribution is 7.99. The summed E-state index contributed by atoms with van der Waals surface area (Å²) in [7, 11) is 2.67. The van der Waals surface area contributed by atoms with Crippen molar-refractivity contribution >= 4 is 23.4 Å². The van der Waals surface area contributed by atoms with Gasteiger partial charge in [0.1, 0.15) is 17.1 Å².